The molecule has 0 fully saturated rings. The minimum atomic E-state index is -0.460. The summed E-state index contributed by atoms with van der Waals surface area (Å²) in [6.07, 6.45) is 1.34. The number of thiocarbonyl (C=S) groups is 1. The molecule has 1 amide bonds. The van der Waals surface area contributed by atoms with Crippen molar-refractivity contribution < 1.29 is 37.2 Å². The maximum absolute atomic E-state index is 11.6. The first-order chi connectivity index (χ1) is 12.0. The van der Waals surface area contributed by atoms with Crippen molar-refractivity contribution in [3.05, 3.63) is 63.5 Å². The number of hydrogen-bond acceptors (Lipinski definition) is 5. The van der Waals surface area contributed by atoms with Crippen LogP contribution in [-0.2, 0) is 21.9 Å². The molecule has 7 nitrogen and oxygen atoms in total. The summed E-state index contributed by atoms with van der Waals surface area (Å²) in [5, 5.41) is 22.5. The Morgan fingerprint density at radius 3 is 2.56 bits per heavy atom. The largest absolute Gasteiger partial charge is 1.00 e. The first kappa shape index (κ1) is 27.3. The van der Waals surface area contributed by atoms with Crippen LogP contribution in [0.1, 0.15) is 5.56 Å². The van der Waals surface area contributed by atoms with Crippen LogP contribution in [0.3, 0.4) is 0 Å². The minimum Gasteiger partial charge on any atom is -0.753 e. The van der Waals surface area contributed by atoms with Crippen LogP contribution in [0.15, 0.2) is 47.6 Å². The van der Waals surface area contributed by atoms with Gasteiger partial charge < -0.3 is 20.7 Å². The SMILES string of the molecule is O.O=C(COc1ccc(Cl)cc1Cl)N/N=C/c1ccccc1O.[Cu+].[N-]=C=S. The third-order valence-corrected chi connectivity index (χ3v) is 3.11. The molecule has 0 heterocycles. The van der Waals surface area contributed by atoms with Crippen molar-refractivity contribution in [2.24, 2.45) is 5.10 Å². The number of halogens is 2. The number of rotatable bonds is 5. The molecule has 0 saturated carbocycles. The van der Waals surface area contributed by atoms with Gasteiger partial charge in [0.2, 0.25) is 0 Å². The zero-order valence-corrected chi connectivity index (χ0v) is 16.7. The Labute approximate surface area is 181 Å². The van der Waals surface area contributed by atoms with Crippen molar-refractivity contribution in [1.29, 1.82) is 0 Å². The number of nitrogens with zero attached hydrogens (tertiary/aromatic N) is 2. The number of carbonyl (C=O) groups is 1. The average Bonchev–Trinajstić information content (AvgIpc) is 2.56. The van der Waals surface area contributed by atoms with Crippen LogP contribution in [-0.4, -0.2) is 34.5 Å². The quantitative estimate of drug-likeness (QED) is 0.296. The fourth-order valence-electron chi connectivity index (χ4n) is 1.54. The van der Waals surface area contributed by atoms with E-state index in [1.165, 1.54) is 23.5 Å². The predicted molar refractivity (Wildman–Crippen MR) is 105 cm³/mol. The molecule has 0 bridgehead atoms. The standard InChI is InChI=1S/C15H12Cl2N2O3.CNS.Cu.H2O/c16-11-5-6-14(12(17)7-11)22-9-15(21)19-18-8-10-3-1-2-4-13(10)20;2-1-3;;/h1-8,20H,9H2,(H,19,21);;;1H2/q;-1;+1;/b18-8+;;;. The Bertz CT molecular complexity index is 803. The molecule has 0 aliphatic carbocycles. The Hall–Kier alpha value is -1.96. The Balaban J connectivity index is 0. The van der Waals surface area contributed by atoms with Crippen molar-refractivity contribution in [3.63, 3.8) is 0 Å². The molecule has 2 aromatic rings. The maximum atomic E-state index is 11.6. The molecule has 0 aromatic heterocycles. The first-order valence-electron chi connectivity index (χ1n) is 6.67. The number of hydrogen-bond donors (Lipinski definition) is 2. The van der Waals surface area contributed by atoms with E-state index in [1.807, 2.05) is 0 Å². The molecule has 0 aliphatic heterocycles. The van der Waals surface area contributed by atoms with E-state index in [0.29, 0.717) is 21.4 Å². The molecular weight excluding hydrogens is 465 g/mol. The molecule has 0 atom stereocenters. The number of nitrogens with one attached hydrogen (secondary N) is 1. The van der Waals surface area contributed by atoms with Gasteiger partial charge in [0.25, 0.3) is 5.91 Å². The van der Waals surface area contributed by atoms with E-state index in [4.69, 9.17) is 33.3 Å². The summed E-state index contributed by atoms with van der Waals surface area (Å²) in [6, 6.07) is 11.3. The number of amides is 1. The molecule has 148 valence electrons. The van der Waals surface area contributed by atoms with Gasteiger partial charge in [-0.25, -0.2) is 5.43 Å². The summed E-state index contributed by atoms with van der Waals surface area (Å²) >= 11 is 15.4. The number of para-hydroxylation sites is 1. The zero-order valence-electron chi connectivity index (χ0n) is 13.4. The number of aromatic hydroxyl groups is 1. The van der Waals surface area contributed by atoms with Gasteiger partial charge in [-0.05, 0) is 30.3 Å². The smallest absolute Gasteiger partial charge is 0.753 e. The Kier molecular flexibility index (Phi) is 15.3. The van der Waals surface area contributed by atoms with Crippen molar-refractivity contribution in [1.82, 2.24) is 5.43 Å². The van der Waals surface area contributed by atoms with Crippen LogP contribution in [0.5, 0.6) is 11.5 Å². The van der Waals surface area contributed by atoms with Crippen molar-refractivity contribution in [2.75, 3.05) is 6.61 Å². The predicted octanol–water partition coefficient (Wildman–Crippen LogP) is 3.06. The second kappa shape index (κ2) is 15.1. The summed E-state index contributed by atoms with van der Waals surface area (Å²) in [5.41, 5.74) is 2.77. The number of hydrazone groups is 1. The number of benzene rings is 2. The van der Waals surface area contributed by atoms with Gasteiger partial charge >= 0.3 is 17.1 Å². The van der Waals surface area contributed by atoms with Crippen molar-refractivity contribution >= 4 is 52.7 Å². The van der Waals surface area contributed by atoms with Crippen molar-refractivity contribution in [3.8, 4) is 11.5 Å². The molecule has 0 saturated heterocycles. The Morgan fingerprint density at radius 2 is 1.96 bits per heavy atom. The molecule has 0 radical (unpaired) electrons. The number of phenols is 1. The average molecular weight is 479 g/mol. The van der Waals surface area contributed by atoms with Crippen LogP contribution in [0.25, 0.3) is 5.41 Å². The van der Waals surface area contributed by atoms with Gasteiger partial charge in [-0.15, -0.1) is 0 Å². The summed E-state index contributed by atoms with van der Waals surface area (Å²) in [4.78, 5) is 11.6. The van der Waals surface area contributed by atoms with Gasteiger partial charge in [0.1, 0.15) is 11.5 Å². The molecule has 4 N–H and O–H groups in total. The molecular formula is C16H14Cl2CuN3O4S. The second-order valence-corrected chi connectivity index (χ2v) is 5.33. The number of phenolic OH excluding ortho intramolecular Hbond substituents is 1. The molecule has 27 heavy (non-hydrogen) atoms. The number of isothiocyanates is 1. The molecule has 0 unspecified atom stereocenters. The van der Waals surface area contributed by atoms with Gasteiger partial charge in [-0.1, -0.05) is 47.6 Å². The molecule has 2 aromatic carbocycles. The number of ether oxygens (including phenoxy) is 1. The summed E-state index contributed by atoms with van der Waals surface area (Å²) in [5.74, 6) is -0.0340. The van der Waals surface area contributed by atoms with E-state index in [0.717, 1.165) is 0 Å². The molecule has 2 rings (SSSR count). The van der Waals surface area contributed by atoms with E-state index >= 15 is 0 Å². The number of carbonyl (C=O) groups excluding carboxylic acids is 1. The van der Waals surface area contributed by atoms with Gasteiger partial charge in [-0.3, -0.25) is 4.79 Å². The topological polar surface area (TPSA) is 125 Å². The minimum absolute atomic E-state index is 0. The fraction of sp³-hybridized carbons (Fsp3) is 0.0625. The van der Waals surface area contributed by atoms with E-state index in [9.17, 15) is 9.90 Å². The molecule has 11 heteroatoms. The normalized spacial score (nSPS) is 8.96. The first-order valence-corrected chi connectivity index (χ1v) is 7.83. The summed E-state index contributed by atoms with van der Waals surface area (Å²) in [7, 11) is 0. The van der Waals surface area contributed by atoms with Gasteiger partial charge in [-0.2, -0.15) is 10.3 Å². The third kappa shape index (κ3) is 10.7. The second-order valence-electron chi connectivity index (χ2n) is 4.31. The van der Waals surface area contributed by atoms with Crippen LogP contribution in [0.4, 0.5) is 0 Å². The van der Waals surface area contributed by atoms with Gasteiger partial charge in [0, 0.05) is 10.6 Å². The Morgan fingerprint density at radius 1 is 1.33 bits per heavy atom. The summed E-state index contributed by atoms with van der Waals surface area (Å²) < 4.78 is 5.25. The van der Waals surface area contributed by atoms with Gasteiger partial charge in [0.05, 0.1) is 11.2 Å². The van der Waals surface area contributed by atoms with Crippen LogP contribution >= 0.6 is 35.4 Å². The monoisotopic (exact) mass is 477 g/mol. The molecule has 0 spiro atoms. The van der Waals surface area contributed by atoms with Crippen LogP contribution < -0.4 is 10.2 Å². The maximum Gasteiger partial charge on any atom is 1.00 e. The van der Waals surface area contributed by atoms with Crippen LogP contribution in [0.2, 0.25) is 10.0 Å². The summed E-state index contributed by atoms with van der Waals surface area (Å²) in [6.45, 7) is -0.251. The van der Waals surface area contributed by atoms with E-state index in [1.54, 1.807) is 30.3 Å². The van der Waals surface area contributed by atoms with E-state index < -0.39 is 5.91 Å². The van der Waals surface area contributed by atoms with E-state index in [2.05, 4.69) is 22.7 Å². The van der Waals surface area contributed by atoms with Crippen LogP contribution in [0, 0.1) is 0 Å². The zero-order chi connectivity index (χ0) is 18.7. The third-order valence-electron chi connectivity index (χ3n) is 2.58. The molecule has 0 aliphatic rings. The van der Waals surface area contributed by atoms with E-state index in [-0.39, 0.29) is 34.9 Å². The van der Waals surface area contributed by atoms with Gasteiger partial charge in [0.15, 0.2) is 6.61 Å². The fourth-order valence-corrected chi connectivity index (χ4v) is 2.00. The van der Waals surface area contributed by atoms with Crippen molar-refractivity contribution in [2.45, 2.75) is 0 Å².